The summed E-state index contributed by atoms with van der Waals surface area (Å²) in [6, 6.07) is 0. The summed E-state index contributed by atoms with van der Waals surface area (Å²) in [4.78, 5) is 22.3. The number of rotatable bonds is 7. The zero-order valence-electron chi connectivity index (χ0n) is 14.7. The molecule has 188 valence electrons. The van der Waals surface area contributed by atoms with Gasteiger partial charge in [-0.15, -0.1) is 0 Å². The van der Waals surface area contributed by atoms with Crippen LogP contribution in [0.5, 0.6) is 0 Å². The Morgan fingerprint density at radius 1 is 0.719 bits per heavy atom. The average Bonchev–Trinajstić information content (AvgIpc) is 2.59. The summed E-state index contributed by atoms with van der Waals surface area (Å²) in [5, 5.41) is 2.49. The maximum Gasteiger partial charge on any atom is 0.460 e. The maximum absolute atomic E-state index is 13.6. The van der Waals surface area contributed by atoms with Crippen LogP contribution in [-0.2, 0) is 9.59 Å². The molecular formula is C13H9F15N2O2. The maximum atomic E-state index is 13.6. The first kappa shape index (κ1) is 27.9. The topological polar surface area (TPSA) is 58.2 Å². The molecule has 1 rings (SSSR count). The summed E-state index contributed by atoms with van der Waals surface area (Å²) in [5.74, 6) is -52.8. The molecule has 2 amide bonds. The first-order valence-corrected chi connectivity index (χ1v) is 7.83. The molecule has 0 saturated carbocycles. The SMILES string of the molecule is O=C1CCC[C@@H](NC(=O)C(F)(F)C(F)(F)C(F)(F)C(F)(F)C(F)(F)C(F)(F)C(F)(F)F)N1. The monoisotopic (exact) mass is 510 g/mol. The van der Waals surface area contributed by atoms with Gasteiger partial charge in [-0.2, -0.15) is 65.9 Å². The van der Waals surface area contributed by atoms with E-state index in [4.69, 9.17) is 0 Å². The van der Waals surface area contributed by atoms with Crippen molar-refractivity contribution in [2.75, 3.05) is 0 Å². The van der Waals surface area contributed by atoms with Crippen LogP contribution < -0.4 is 10.6 Å². The predicted molar refractivity (Wildman–Crippen MR) is 69.7 cm³/mol. The molecule has 1 heterocycles. The Balaban J connectivity index is 3.38. The van der Waals surface area contributed by atoms with E-state index in [0.29, 0.717) is 0 Å². The van der Waals surface area contributed by atoms with E-state index >= 15 is 0 Å². The highest BCUT2D eigenvalue weighted by atomic mass is 19.4. The van der Waals surface area contributed by atoms with Crippen molar-refractivity contribution in [1.82, 2.24) is 10.6 Å². The van der Waals surface area contributed by atoms with Crippen LogP contribution in [-0.4, -0.2) is 59.7 Å². The van der Waals surface area contributed by atoms with Crippen LogP contribution in [0.1, 0.15) is 19.3 Å². The Kier molecular flexibility index (Phi) is 6.75. The third-order valence-corrected chi connectivity index (χ3v) is 4.15. The summed E-state index contributed by atoms with van der Waals surface area (Å²) < 4.78 is 195. The molecule has 0 aliphatic carbocycles. The Hall–Kier alpha value is -2.11. The van der Waals surface area contributed by atoms with E-state index in [2.05, 4.69) is 0 Å². The molecule has 0 aromatic rings. The van der Waals surface area contributed by atoms with Crippen LogP contribution in [0.15, 0.2) is 0 Å². The van der Waals surface area contributed by atoms with Gasteiger partial charge < -0.3 is 10.6 Å². The molecule has 1 aliphatic heterocycles. The van der Waals surface area contributed by atoms with E-state index in [9.17, 15) is 75.4 Å². The molecule has 0 radical (unpaired) electrons. The predicted octanol–water partition coefficient (Wildman–Crippen LogP) is 4.10. The molecule has 4 nitrogen and oxygen atoms in total. The molecule has 0 spiro atoms. The fraction of sp³-hybridized carbons (Fsp3) is 0.846. The Bertz CT molecular complexity index is 746. The van der Waals surface area contributed by atoms with Gasteiger partial charge in [0.15, 0.2) is 0 Å². The van der Waals surface area contributed by atoms with Crippen molar-refractivity contribution in [3.05, 3.63) is 0 Å². The molecule has 0 unspecified atom stereocenters. The van der Waals surface area contributed by atoms with Gasteiger partial charge in [0.25, 0.3) is 5.91 Å². The number of carbonyl (C=O) groups excluding carboxylic acids is 2. The van der Waals surface area contributed by atoms with E-state index in [1.54, 1.807) is 5.32 Å². The summed E-state index contributed by atoms with van der Waals surface area (Å²) in [6.07, 6.45) is -10.5. The summed E-state index contributed by atoms with van der Waals surface area (Å²) in [5.41, 5.74) is 0. The highest BCUT2D eigenvalue weighted by Crippen LogP contribution is 2.62. The van der Waals surface area contributed by atoms with Crippen molar-refractivity contribution in [3.8, 4) is 0 Å². The number of nitrogens with one attached hydrogen (secondary N) is 2. The normalized spacial score (nSPS) is 20.1. The van der Waals surface area contributed by atoms with Gasteiger partial charge in [0, 0.05) is 6.42 Å². The van der Waals surface area contributed by atoms with Crippen LogP contribution >= 0.6 is 0 Å². The Morgan fingerprint density at radius 3 is 1.53 bits per heavy atom. The second-order valence-corrected chi connectivity index (χ2v) is 6.43. The zero-order valence-corrected chi connectivity index (χ0v) is 14.7. The highest BCUT2D eigenvalue weighted by Gasteiger charge is 2.94. The number of halogens is 15. The van der Waals surface area contributed by atoms with Crippen molar-refractivity contribution in [2.24, 2.45) is 0 Å². The Labute approximate surface area is 166 Å². The standard InChI is InChI=1S/C13H9F15N2O2/c14-7(15,6(32)30-4-2-1-3-5(31)29-4)8(16,17)9(18,19)10(20,21)11(22,23)12(24,25)13(26,27)28/h4H,1-3H2,(H,29,31)(H,30,32)/t4-/m1/s1. The quantitative estimate of drug-likeness (QED) is 0.507. The molecule has 0 aromatic carbocycles. The zero-order chi connectivity index (χ0) is 25.8. The van der Waals surface area contributed by atoms with Gasteiger partial charge in [0.05, 0.1) is 0 Å². The lowest BCUT2D eigenvalue weighted by Gasteiger charge is -2.41. The van der Waals surface area contributed by atoms with E-state index in [1.807, 2.05) is 0 Å². The third kappa shape index (κ3) is 3.90. The van der Waals surface area contributed by atoms with Gasteiger partial charge in [-0.3, -0.25) is 9.59 Å². The number of amides is 2. The number of carbonyl (C=O) groups is 2. The second kappa shape index (κ2) is 7.74. The molecule has 1 atom stereocenters. The molecule has 0 bridgehead atoms. The van der Waals surface area contributed by atoms with E-state index < -0.39 is 66.1 Å². The third-order valence-electron chi connectivity index (χ3n) is 4.15. The van der Waals surface area contributed by atoms with Crippen molar-refractivity contribution in [2.45, 2.75) is 67.1 Å². The summed E-state index contributed by atoms with van der Waals surface area (Å²) in [7, 11) is 0. The Morgan fingerprint density at radius 2 is 1.12 bits per heavy atom. The van der Waals surface area contributed by atoms with Gasteiger partial charge in [0.1, 0.15) is 6.17 Å². The number of piperidine rings is 1. The van der Waals surface area contributed by atoms with E-state index in [0.717, 1.165) is 5.32 Å². The van der Waals surface area contributed by atoms with Crippen molar-refractivity contribution in [3.63, 3.8) is 0 Å². The smallest absolute Gasteiger partial charge is 0.336 e. The van der Waals surface area contributed by atoms with Crippen molar-refractivity contribution in [1.29, 1.82) is 0 Å². The largest absolute Gasteiger partial charge is 0.460 e. The number of hydrogen-bond donors (Lipinski definition) is 2. The molecule has 2 N–H and O–H groups in total. The number of alkyl halides is 15. The first-order valence-electron chi connectivity index (χ1n) is 7.83. The summed E-state index contributed by atoms with van der Waals surface area (Å²) in [6.45, 7) is 0. The summed E-state index contributed by atoms with van der Waals surface area (Å²) >= 11 is 0. The minimum Gasteiger partial charge on any atom is -0.336 e. The average molecular weight is 510 g/mol. The lowest BCUT2D eigenvalue weighted by molar-refractivity contribution is -0.449. The van der Waals surface area contributed by atoms with Gasteiger partial charge >= 0.3 is 41.7 Å². The van der Waals surface area contributed by atoms with Gasteiger partial charge in [-0.25, -0.2) is 0 Å². The van der Waals surface area contributed by atoms with Gasteiger partial charge in [0.2, 0.25) is 5.91 Å². The van der Waals surface area contributed by atoms with E-state index in [1.165, 1.54) is 0 Å². The van der Waals surface area contributed by atoms with Crippen LogP contribution in [0.4, 0.5) is 65.9 Å². The molecule has 1 aliphatic rings. The molecule has 1 saturated heterocycles. The van der Waals surface area contributed by atoms with Gasteiger partial charge in [-0.05, 0) is 12.8 Å². The molecule has 32 heavy (non-hydrogen) atoms. The van der Waals surface area contributed by atoms with E-state index in [-0.39, 0.29) is 12.8 Å². The first-order chi connectivity index (χ1) is 13.9. The van der Waals surface area contributed by atoms with Crippen molar-refractivity contribution >= 4 is 11.8 Å². The highest BCUT2D eigenvalue weighted by molar-refractivity contribution is 5.86. The molecular weight excluding hydrogens is 501 g/mol. The lowest BCUT2D eigenvalue weighted by Crippen LogP contribution is -2.74. The lowest BCUT2D eigenvalue weighted by atomic mass is 9.90. The van der Waals surface area contributed by atoms with Crippen LogP contribution in [0.2, 0.25) is 0 Å². The molecule has 19 heteroatoms. The minimum absolute atomic E-state index is 0.175. The fourth-order valence-corrected chi connectivity index (χ4v) is 2.27. The van der Waals surface area contributed by atoms with Crippen molar-refractivity contribution < 1.29 is 75.4 Å². The van der Waals surface area contributed by atoms with Crippen LogP contribution in [0.3, 0.4) is 0 Å². The second-order valence-electron chi connectivity index (χ2n) is 6.43. The minimum atomic E-state index is -8.47. The van der Waals surface area contributed by atoms with Crippen LogP contribution in [0.25, 0.3) is 0 Å². The van der Waals surface area contributed by atoms with Gasteiger partial charge in [-0.1, -0.05) is 0 Å². The molecule has 0 aromatic heterocycles. The molecule has 1 fully saturated rings. The van der Waals surface area contributed by atoms with Crippen LogP contribution in [0, 0.1) is 0 Å². The fourth-order valence-electron chi connectivity index (χ4n) is 2.27. The number of hydrogen-bond acceptors (Lipinski definition) is 2.